The third kappa shape index (κ3) is 2.22. The number of anilines is 1. The molecule has 102 valence electrons. The molecule has 0 amide bonds. The molecule has 2 atom stereocenters. The maximum atomic E-state index is 12.7. The fraction of sp³-hybridized carbons (Fsp3) is 0.500. The third-order valence-electron chi connectivity index (χ3n) is 3.96. The first kappa shape index (κ1) is 12.5. The summed E-state index contributed by atoms with van der Waals surface area (Å²) >= 11 is 0. The number of aromatic nitrogens is 1. The lowest BCUT2D eigenvalue weighted by Crippen LogP contribution is -2.41. The van der Waals surface area contributed by atoms with Crippen molar-refractivity contribution in [2.75, 3.05) is 4.90 Å². The number of piperidine rings is 1. The van der Waals surface area contributed by atoms with Gasteiger partial charge in [0.15, 0.2) is 0 Å². The standard InChI is InChI=1S/C14H15F3N2/c1-9-7-10-5-6-11(8-9)19(10)13-4-2-3-12(18-13)14(15,16)17/h2-4,10-11H,1,5-8H2. The molecule has 2 aliphatic rings. The highest BCUT2D eigenvalue weighted by Gasteiger charge is 2.40. The molecule has 0 radical (unpaired) electrons. The van der Waals surface area contributed by atoms with Crippen molar-refractivity contribution in [2.24, 2.45) is 0 Å². The molecule has 1 aromatic heterocycles. The second-order valence-electron chi connectivity index (χ2n) is 5.33. The molecule has 2 fully saturated rings. The van der Waals surface area contributed by atoms with Crippen molar-refractivity contribution in [3.63, 3.8) is 0 Å². The van der Waals surface area contributed by atoms with Gasteiger partial charge in [-0.2, -0.15) is 13.2 Å². The van der Waals surface area contributed by atoms with Gasteiger partial charge in [-0.3, -0.25) is 0 Å². The summed E-state index contributed by atoms with van der Waals surface area (Å²) in [6.45, 7) is 4.01. The average molecular weight is 268 g/mol. The number of alkyl halides is 3. The van der Waals surface area contributed by atoms with Crippen molar-refractivity contribution >= 4 is 5.82 Å². The molecule has 1 aromatic rings. The fourth-order valence-corrected chi connectivity index (χ4v) is 3.21. The summed E-state index contributed by atoms with van der Waals surface area (Å²) in [7, 11) is 0. The fourth-order valence-electron chi connectivity index (χ4n) is 3.21. The first-order chi connectivity index (χ1) is 8.95. The highest BCUT2D eigenvalue weighted by molar-refractivity contribution is 5.46. The third-order valence-corrected chi connectivity index (χ3v) is 3.96. The van der Waals surface area contributed by atoms with Crippen LogP contribution in [-0.2, 0) is 6.18 Å². The van der Waals surface area contributed by atoms with E-state index in [1.807, 2.05) is 0 Å². The van der Waals surface area contributed by atoms with Crippen LogP contribution in [0.1, 0.15) is 31.4 Å². The normalized spacial score (nSPS) is 26.9. The molecule has 0 spiro atoms. The summed E-state index contributed by atoms with van der Waals surface area (Å²) in [6, 6.07) is 4.67. The molecule has 0 saturated carbocycles. The van der Waals surface area contributed by atoms with Crippen LogP contribution >= 0.6 is 0 Å². The highest BCUT2D eigenvalue weighted by atomic mass is 19.4. The van der Waals surface area contributed by atoms with Gasteiger partial charge in [-0.15, -0.1) is 0 Å². The summed E-state index contributed by atoms with van der Waals surface area (Å²) in [5, 5.41) is 0. The van der Waals surface area contributed by atoms with E-state index >= 15 is 0 Å². The number of hydrogen-bond acceptors (Lipinski definition) is 2. The minimum atomic E-state index is -4.38. The number of nitrogens with zero attached hydrogens (tertiary/aromatic N) is 2. The van der Waals surface area contributed by atoms with E-state index in [1.54, 1.807) is 6.07 Å². The molecule has 5 heteroatoms. The molecule has 2 saturated heterocycles. The lowest BCUT2D eigenvalue weighted by molar-refractivity contribution is -0.141. The number of fused-ring (bicyclic) bond motifs is 2. The molecule has 3 heterocycles. The zero-order valence-electron chi connectivity index (χ0n) is 10.5. The topological polar surface area (TPSA) is 16.1 Å². The summed E-state index contributed by atoms with van der Waals surface area (Å²) in [5.74, 6) is 0.454. The highest BCUT2D eigenvalue weighted by Crippen LogP contribution is 2.40. The minimum Gasteiger partial charge on any atom is -0.350 e. The Morgan fingerprint density at radius 3 is 2.37 bits per heavy atom. The Bertz CT molecular complexity index is 494. The van der Waals surface area contributed by atoms with Crippen LogP contribution in [0.2, 0.25) is 0 Å². The largest absolute Gasteiger partial charge is 0.433 e. The smallest absolute Gasteiger partial charge is 0.350 e. The quantitative estimate of drug-likeness (QED) is 0.720. The first-order valence-corrected chi connectivity index (χ1v) is 6.44. The summed E-state index contributed by atoms with van der Waals surface area (Å²) < 4.78 is 38.1. The van der Waals surface area contributed by atoms with Crippen molar-refractivity contribution < 1.29 is 13.2 Å². The van der Waals surface area contributed by atoms with Crippen LogP contribution in [0.4, 0.5) is 19.0 Å². The van der Waals surface area contributed by atoms with Gasteiger partial charge in [0.05, 0.1) is 0 Å². The maximum Gasteiger partial charge on any atom is 0.433 e. The van der Waals surface area contributed by atoms with Gasteiger partial charge >= 0.3 is 6.18 Å². The molecular weight excluding hydrogens is 253 g/mol. The van der Waals surface area contributed by atoms with E-state index in [4.69, 9.17) is 0 Å². The van der Waals surface area contributed by atoms with Gasteiger partial charge in [0.1, 0.15) is 11.5 Å². The SMILES string of the molecule is C=C1CC2CCC(C1)N2c1cccc(C(F)(F)F)n1. The Morgan fingerprint density at radius 1 is 1.16 bits per heavy atom. The minimum absolute atomic E-state index is 0.266. The van der Waals surface area contributed by atoms with E-state index in [0.717, 1.165) is 31.7 Å². The Balaban J connectivity index is 1.93. The van der Waals surface area contributed by atoms with E-state index < -0.39 is 11.9 Å². The monoisotopic (exact) mass is 268 g/mol. The van der Waals surface area contributed by atoms with Gasteiger partial charge < -0.3 is 4.90 Å². The molecule has 0 aromatic carbocycles. The lowest BCUT2D eigenvalue weighted by atomic mass is 9.98. The van der Waals surface area contributed by atoms with E-state index in [0.29, 0.717) is 5.82 Å². The molecule has 3 rings (SSSR count). The average Bonchev–Trinajstić information content (AvgIpc) is 2.61. The second-order valence-corrected chi connectivity index (χ2v) is 5.33. The van der Waals surface area contributed by atoms with E-state index in [1.165, 1.54) is 11.6 Å². The van der Waals surface area contributed by atoms with Crippen LogP contribution in [0.5, 0.6) is 0 Å². The van der Waals surface area contributed by atoms with Crippen molar-refractivity contribution in [3.05, 3.63) is 36.0 Å². The van der Waals surface area contributed by atoms with Crippen molar-refractivity contribution in [1.29, 1.82) is 0 Å². The predicted octanol–water partition coefficient (Wildman–Crippen LogP) is 3.79. The van der Waals surface area contributed by atoms with Crippen LogP contribution in [-0.4, -0.2) is 17.1 Å². The van der Waals surface area contributed by atoms with Gasteiger partial charge in [0.2, 0.25) is 0 Å². The van der Waals surface area contributed by atoms with Crippen molar-refractivity contribution in [1.82, 2.24) is 4.98 Å². The number of hydrogen-bond donors (Lipinski definition) is 0. The molecule has 2 nitrogen and oxygen atoms in total. The van der Waals surface area contributed by atoms with Gasteiger partial charge in [0.25, 0.3) is 0 Å². The molecule has 2 unspecified atom stereocenters. The Labute approximate surface area is 109 Å². The van der Waals surface area contributed by atoms with E-state index in [9.17, 15) is 13.2 Å². The van der Waals surface area contributed by atoms with Crippen LogP contribution in [0.25, 0.3) is 0 Å². The molecule has 0 N–H and O–H groups in total. The lowest BCUT2D eigenvalue weighted by Gasteiger charge is -2.37. The van der Waals surface area contributed by atoms with Crippen molar-refractivity contribution in [3.8, 4) is 0 Å². The Hall–Kier alpha value is -1.52. The predicted molar refractivity (Wildman–Crippen MR) is 66.9 cm³/mol. The molecule has 2 aliphatic heterocycles. The molecule has 19 heavy (non-hydrogen) atoms. The number of halogens is 3. The summed E-state index contributed by atoms with van der Waals surface area (Å²) in [4.78, 5) is 5.86. The Kier molecular flexibility index (Phi) is 2.80. The van der Waals surface area contributed by atoms with Crippen molar-refractivity contribution in [2.45, 2.75) is 43.9 Å². The molecule has 2 bridgehead atoms. The van der Waals surface area contributed by atoms with Gasteiger partial charge in [-0.25, -0.2) is 4.98 Å². The second kappa shape index (κ2) is 4.25. The van der Waals surface area contributed by atoms with E-state index in [-0.39, 0.29) is 12.1 Å². The number of pyridine rings is 1. The van der Waals surface area contributed by atoms with E-state index in [2.05, 4.69) is 16.5 Å². The first-order valence-electron chi connectivity index (χ1n) is 6.44. The zero-order chi connectivity index (χ0) is 13.6. The van der Waals surface area contributed by atoms with Gasteiger partial charge in [-0.1, -0.05) is 18.2 Å². The molecular formula is C14H15F3N2. The van der Waals surface area contributed by atoms with Gasteiger partial charge in [0, 0.05) is 12.1 Å². The maximum absolute atomic E-state index is 12.7. The van der Waals surface area contributed by atoms with Crippen LogP contribution in [0, 0.1) is 0 Å². The van der Waals surface area contributed by atoms with Crippen LogP contribution in [0.3, 0.4) is 0 Å². The number of rotatable bonds is 1. The zero-order valence-corrected chi connectivity index (χ0v) is 10.5. The molecule has 0 aliphatic carbocycles. The van der Waals surface area contributed by atoms with Crippen LogP contribution < -0.4 is 4.90 Å². The van der Waals surface area contributed by atoms with Gasteiger partial charge in [-0.05, 0) is 37.8 Å². The summed E-state index contributed by atoms with van der Waals surface area (Å²) in [6.07, 6.45) is -0.611. The Morgan fingerprint density at radius 2 is 1.79 bits per heavy atom. The summed E-state index contributed by atoms with van der Waals surface area (Å²) in [5.41, 5.74) is 0.393. The van der Waals surface area contributed by atoms with Crippen LogP contribution in [0.15, 0.2) is 30.4 Å².